The summed E-state index contributed by atoms with van der Waals surface area (Å²) in [5.41, 5.74) is 1.27. The molecule has 3 rings (SSSR count). The molecule has 1 heterocycles. The SMILES string of the molecule is CC(C)N(Cc1ccccc1)C(=O)c1cc(N2C(=O)CCS2(=O)=O)ccc1Cl. The molecule has 0 atom stereocenters. The Morgan fingerprint density at radius 1 is 1.18 bits per heavy atom. The first-order valence-corrected chi connectivity index (χ1v) is 10.9. The molecule has 2 aromatic carbocycles. The summed E-state index contributed by atoms with van der Waals surface area (Å²) in [4.78, 5) is 26.9. The number of hydrogen-bond acceptors (Lipinski definition) is 4. The normalized spacial score (nSPS) is 15.9. The molecule has 1 fully saturated rings. The van der Waals surface area contributed by atoms with Crippen LogP contribution in [0.1, 0.15) is 36.2 Å². The van der Waals surface area contributed by atoms with Crippen molar-refractivity contribution < 1.29 is 18.0 Å². The topological polar surface area (TPSA) is 74.8 Å². The van der Waals surface area contributed by atoms with E-state index in [1.807, 2.05) is 44.2 Å². The summed E-state index contributed by atoms with van der Waals surface area (Å²) >= 11 is 6.26. The maximum absolute atomic E-state index is 13.2. The zero-order valence-electron chi connectivity index (χ0n) is 15.6. The summed E-state index contributed by atoms with van der Waals surface area (Å²) in [5.74, 6) is -1.07. The molecule has 0 spiro atoms. The Labute approximate surface area is 169 Å². The number of halogens is 1. The van der Waals surface area contributed by atoms with E-state index in [1.165, 1.54) is 18.2 Å². The number of carbonyl (C=O) groups excluding carboxylic acids is 2. The monoisotopic (exact) mass is 420 g/mol. The van der Waals surface area contributed by atoms with E-state index in [1.54, 1.807) is 4.90 Å². The molecule has 0 unspecified atom stereocenters. The fourth-order valence-corrected chi connectivity index (χ4v) is 4.75. The minimum atomic E-state index is -3.71. The Balaban J connectivity index is 1.97. The molecule has 6 nitrogen and oxygen atoms in total. The highest BCUT2D eigenvalue weighted by Gasteiger charge is 2.37. The summed E-state index contributed by atoms with van der Waals surface area (Å²) in [6, 6.07) is 13.7. The average molecular weight is 421 g/mol. The van der Waals surface area contributed by atoms with Crippen molar-refractivity contribution in [2.24, 2.45) is 0 Å². The van der Waals surface area contributed by atoms with E-state index in [0.717, 1.165) is 9.87 Å². The van der Waals surface area contributed by atoms with Gasteiger partial charge in [0.05, 0.1) is 22.0 Å². The van der Waals surface area contributed by atoms with Crippen LogP contribution in [-0.2, 0) is 21.4 Å². The van der Waals surface area contributed by atoms with Gasteiger partial charge in [0, 0.05) is 19.0 Å². The maximum atomic E-state index is 13.2. The van der Waals surface area contributed by atoms with E-state index in [4.69, 9.17) is 11.6 Å². The second-order valence-corrected chi connectivity index (χ2v) is 9.25. The largest absolute Gasteiger partial charge is 0.332 e. The van der Waals surface area contributed by atoms with Crippen LogP contribution in [0, 0.1) is 0 Å². The molecule has 2 amide bonds. The van der Waals surface area contributed by atoms with Crippen LogP contribution in [0.15, 0.2) is 48.5 Å². The standard InChI is InChI=1S/C20H21ClN2O4S/c1-14(2)22(13-15-6-4-3-5-7-15)20(25)17-12-16(8-9-18(17)21)23-19(24)10-11-28(23,26)27/h3-9,12,14H,10-11,13H2,1-2H3. The van der Waals surface area contributed by atoms with E-state index in [0.29, 0.717) is 6.54 Å². The van der Waals surface area contributed by atoms with Crippen molar-refractivity contribution in [3.05, 3.63) is 64.7 Å². The average Bonchev–Trinajstić information content (AvgIpc) is 2.93. The lowest BCUT2D eigenvalue weighted by molar-refractivity contribution is -0.116. The molecular formula is C20H21ClN2O4S. The molecule has 0 aliphatic carbocycles. The van der Waals surface area contributed by atoms with Gasteiger partial charge in [-0.2, -0.15) is 0 Å². The van der Waals surface area contributed by atoms with Gasteiger partial charge in [-0.15, -0.1) is 0 Å². The quantitative estimate of drug-likeness (QED) is 0.742. The molecule has 148 valence electrons. The summed E-state index contributed by atoms with van der Waals surface area (Å²) in [6.07, 6.45) is -0.0691. The number of hydrogen-bond donors (Lipinski definition) is 0. The van der Waals surface area contributed by atoms with Crippen LogP contribution in [0.2, 0.25) is 5.02 Å². The third kappa shape index (κ3) is 4.05. The minimum absolute atomic E-state index is 0.0691. The molecule has 28 heavy (non-hydrogen) atoms. The van der Waals surface area contributed by atoms with Gasteiger partial charge < -0.3 is 4.90 Å². The second kappa shape index (κ2) is 7.93. The Kier molecular flexibility index (Phi) is 5.76. The van der Waals surface area contributed by atoms with Crippen molar-refractivity contribution in [1.82, 2.24) is 4.90 Å². The Morgan fingerprint density at radius 2 is 1.86 bits per heavy atom. The van der Waals surface area contributed by atoms with Crippen molar-refractivity contribution in [3.63, 3.8) is 0 Å². The predicted octanol–water partition coefficient (Wildman–Crippen LogP) is 3.46. The highest BCUT2D eigenvalue weighted by Crippen LogP contribution is 2.30. The van der Waals surface area contributed by atoms with Gasteiger partial charge in [0.15, 0.2) is 0 Å². The van der Waals surface area contributed by atoms with Crippen molar-refractivity contribution in [2.75, 3.05) is 10.1 Å². The molecule has 1 aliphatic heterocycles. The number of rotatable bonds is 5. The lowest BCUT2D eigenvalue weighted by Crippen LogP contribution is -2.37. The molecule has 1 saturated heterocycles. The van der Waals surface area contributed by atoms with Gasteiger partial charge in [-0.1, -0.05) is 41.9 Å². The van der Waals surface area contributed by atoms with Gasteiger partial charge in [-0.3, -0.25) is 9.59 Å². The molecule has 2 aromatic rings. The number of nitrogens with zero attached hydrogens (tertiary/aromatic N) is 2. The molecule has 0 aromatic heterocycles. The van der Waals surface area contributed by atoms with Gasteiger partial charge in [-0.25, -0.2) is 12.7 Å². The van der Waals surface area contributed by atoms with Crippen LogP contribution in [-0.4, -0.2) is 36.9 Å². The first-order valence-electron chi connectivity index (χ1n) is 8.91. The van der Waals surface area contributed by atoms with Gasteiger partial charge in [0.25, 0.3) is 5.91 Å². The van der Waals surface area contributed by atoms with Crippen LogP contribution in [0.4, 0.5) is 5.69 Å². The zero-order valence-corrected chi connectivity index (χ0v) is 17.2. The van der Waals surface area contributed by atoms with E-state index < -0.39 is 15.9 Å². The first kappa shape index (κ1) is 20.4. The van der Waals surface area contributed by atoms with Crippen LogP contribution in [0.3, 0.4) is 0 Å². The number of benzene rings is 2. The Bertz CT molecular complexity index is 1010. The van der Waals surface area contributed by atoms with Crippen molar-refractivity contribution in [1.29, 1.82) is 0 Å². The lowest BCUT2D eigenvalue weighted by atomic mass is 10.1. The van der Waals surface area contributed by atoms with Gasteiger partial charge in [0.2, 0.25) is 15.9 Å². The number of anilines is 1. The predicted molar refractivity (Wildman–Crippen MR) is 109 cm³/mol. The fraction of sp³-hybridized carbons (Fsp3) is 0.300. The van der Waals surface area contributed by atoms with Crippen molar-refractivity contribution in [2.45, 2.75) is 32.9 Å². The second-order valence-electron chi connectivity index (χ2n) is 6.90. The highest BCUT2D eigenvalue weighted by molar-refractivity contribution is 7.94. The van der Waals surface area contributed by atoms with E-state index in [2.05, 4.69) is 0 Å². The van der Waals surface area contributed by atoms with E-state index >= 15 is 0 Å². The molecular weight excluding hydrogens is 400 g/mol. The molecule has 0 saturated carbocycles. The highest BCUT2D eigenvalue weighted by atomic mass is 35.5. The Hall–Kier alpha value is -2.38. The summed E-state index contributed by atoms with van der Waals surface area (Å²) in [6.45, 7) is 4.18. The summed E-state index contributed by atoms with van der Waals surface area (Å²) < 4.78 is 25.2. The molecule has 1 aliphatic rings. The van der Waals surface area contributed by atoms with Crippen LogP contribution in [0.25, 0.3) is 0 Å². The Morgan fingerprint density at radius 3 is 2.43 bits per heavy atom. The van der Waals surface area contributed by atoms with Crippen LogP contribution >= 0.6 is 11.6 Å². The fourth-order valence-electron chi connectivity index (χ4n) is 3.10. The molecule has 0 radical (unpaired) electrons. The van der Waals surface area contributed by atoms with Gasteiger partial charge in [0.1, 0.15) is 0 Å². The van der Waals surface area contributed by atoms with Gasteiger partial charge in [-0.05, 0) is 37.6 Å². The summed E-state index contributed by atoms with van der Waals surface area (Å²) in [5, 5.41) is 0.205. The smallest absolute Gasteiger partial charge is 0.255 e. The van der Waals surface area contributed by atoms with Gasteiger partial charge >= 0.3 is 0 Å². The number of sulfonamides is 1. The summed E-state index contributed by atoms with van der Waals surface area (Å²) in [7, 11) is -3.71. The number of carbonyl (C=O) groups is 2. The van der Waals surface area contributed by atoms with Crippen LogP contribution in [0.5, 0.6) is 0 Å². The molecule has 0 bridgehead atoms. The van der Waals surface area contributed by atoms with E-state index in [-0.39, 0.29) is 40.4 Å². The first-order chi connectivity index (χ1) is 13.2. The van der Waals surface area contributed by atoms with Crippen molar-refractivity contribution >= 4 is 39.1 Å². The molecule has 8 heteroatoms. The molecule has 0 N–H and O–H groups in total. The lowest BCUT2D eigenvalue weighted by Gasteiger charge is -2.28. The maximum Gasteiger partial charge on any atom is 0.255 e. The van der Waals surface area contributed by atoms with Crippen molar-refractivity contribution in [3.8, 4) is 0 Å². The number of amides is 2. The third-order valence-corrected chi connectivity index (χ3v) is 6.59. The minimum Gasteiger partial charge on any atom is -0.332 e. The third-order valence-electron chi connectivity index (χ3n) is 4.57. The van der Waals surface area contributed by atoms with E-state index in [9.17, 15) is 18.0 Å². The van der Waals surface area contributed by atoms with Crippen LogP contribution < -0.4 is 4.31 Å². The zero-order chi connectivity index (χ0) is 20.5.